The summed E-state index contributed by atoms with van der Waals surface area (Å²) in [5.41, 5.74) is 14.5. The van der Waals surface area contributed by atoms with E-state index in [1.54, 1.807) is 36.5 Å². The summed E-state index contributed by atoms with van der Waals surface area (Å²) in [6, 6.07) is 9.58. The highest BCUT2D eigenvalue weighted by molar-refractivity contribution is 5.88. The van der Waals surface area contributed by atoms with E-state index in [9.17, 15) is 9.50 Å². The Kier molecular flexibility index (Phi) is 5.89. The van der Waals surface area contributed by atoms with Crippen LogP contribution in [0.2, 0.25) is 0 Å². The van der Waals surface area contributed by atoms with Crippen molar-refractivity contribution < 1.29 is 23.7 Å². The first kappa shape index (κ1) is 20.2. The number of ether oxygens (including phenoxy) is 3. The van der Waals surface area contributed by atoms with Crippen molar-refractivity contribution in [3.8, 4) is 11.5 Å². The van der Waals surface area contributed by atoms with E-state index in [-0.39, 0.29) is 18.5 Å². The molecule has 0 radical (unpaired) electrons. The molecule has 4 rings (SSSR count). The Labute approximate surface area is 173 Å². The fourth-order valence-electron chi connectivity index (χ4n) is 3.38. The molecule has 158 valence electrons. The fraction of sp³-hybridized carbons (Fsp3) is 0.273. The van der Waals surface area contributed by atoms with E-state index >= 15 is 0 Å². The van der Waals surface area contributed by atoms with Crippen molar-refractivity contribution in [2.45, 2.75) is 12.3 Å². The number of hydrogen-bond acceptors (Lipinski definition) is 7. The molecule has 2 aromatic rings. The summed E-state index contributed by atoms with van der Waals surface area (Å²) < 4.78 is 30.9. The molecule has 0 aliphatic carbocycles. The molecule has 8 heteroatoms. The van der Waals surface area contributed by atoms with Gasteiger partial charge in [0, 0.05) is 17.5 Å². The van der Waals surface area contributed by atoms with Crippen LogP contribution in [0, 0.1) is 5.82 Å². The van der Waals surface area contributed by atoms with E-state index in [1.165, 1.54) is 6.07 Å². The highest BCUT2D eigenvalue weighted by atomic mass is 19.1. The third-order valence-electron chi connectivity index (χ3n) is 4.97. The minimum Gasteiger partial charge on any atom is -0.504 e. The summed E-state index contributed by atoms with van der Waals surface area (Å²) in [5.74, 6) is -0.100. The van der Waals surface area contributed by atoms with Crippen LogP contribution in [0.4, 0.5) is 10.1 Å². The zero-order chi connectivity index (χ0) is 21.1. The fourth-order valence-corrected chi connectivity index (χ4v) is 3.38. The molecular weight excluding hydrogens is 389 g/mol. The Morgan fingerprint density at radius 3 is 2.80 bits per heavy atom. The minimum atomic E-state index is -0.569. The molecule has 1 unspecified atom stereocenters. The molecule has 2 aliphatic heterocycles. The smallest absolute Gasteiger partial charge is 0.161 e. The van der Waals surface area contributed by atoms with E-state index in [0.29, 0.717) is 42.4 Å². The van der Waals surface area contributed by atoms with Gasteiger partial charge in [0.1, 0.15) is 24.7 Å². The van der Waals surface area contributed by atoms with E-state index in [0.717, 1.165) is 11.1 Å². The number of nitrogen functional groups attached to an aromatic ring is 1. The second kappa shape index (κ2) is 8.74. The molecule has 0 amide bonds. The van der Waals surface area contributed by atoms with Gasteiger partial charge in [0.15, 0.2) is 11.5 Å². The van der Waals surface area contributed by atoms with E-state index in [1.807, 2.05) is 6.07 Å². The maximum atomic E-state index is 14.4. The molecule has 0 spiro atoms. The number of phenols is 1. The Hall–Kier alpha value is -3.07. The zero-order valence-electron chi connectivity index (χ0n) is 16.3. The maximum absolute atomic E-state index is 14.4. The average molecular weight is 413 g/mol. The SMILES string of the molecule is Nc1ccc(C2=CC(c3ccc(OC[C@@H]4COCCO4)c(O)c3)=CNC2N)c(F)c1. The molecule has 0 saturated carbocycles. The largest absolute Gasteiger partial charge is 0.504 e. The van der Waals surface area contributed by atoms with Crippen molar-refractivity contribution in [3.05, 3.63) is 65.6 Å². The van der Waals surface area contributed by atoms with Gasteiger partial charge in [0.05, 0.1) is 19.8 Å². The van der Waals surface area contributed by atoms with Gasteiger partial charge >= 0.3 is 0 Å². The number of hydrogen-bond donors (Lipinski definition) is 4. The lowest BCUT2D eigenvalue weighted by atomic mass is 9.94. The van der Waals surface area contributed by atoms with E-state index < -0.39 is 12.0 Å². The highest BCUT2D eigenvalue weighted by Gasteiger charge is 2.20. The van der Waals surface area contributed by atoms with Crippen LogP contribution in [-0.4, -0.2) is 43.8 Å². The molecular formula is C22H24FN3O4. The highest BCUT2D eigenvalue weighted by Crippen LogP contribution is 2.33. The molecule has 0 bridgehead atoms. The number of allylic oxidation sites excluding steroid dienone is 2. The Bertz CT molecular complexity index is 986. The van der Waals surface area contributed by atoms with Crippen molar-refractivity contribution in [1.82, 2.24) is 5.32 Å². The van der Waals surface area contributed by atoms with Gasteiger partial charge in [-0.05, 0) is 53.1 Å². The van der Waals surface area contributed by atoms with Crippen LogP contribution < -0.4 is 21.5 Å². The standard InChI is InChI=1S/C22H24FN3O4/c23-19-9-15(24)2-3-17(19)18-7-14(10-26-22(18)25)13-1-4-21(20(27)8-13)30-12-16-11-28-5-6-29-16/h1-4,7-10,16,22,26-27H,5-6,11-12,24-25H2/t16-,22?/m0/s1. The van der Waals surface area contributed by atoms with Gasteiger partial charge in [-0.15, -0.1) is 0 Å². The third kappa shape index (κ3) is 4.40. The van der Waals surface area contributed by atoms with Crippen molar-refractivity contribution in [2.24, 2.45) is 5.73 Å². The molecule has 2 heterocycles. The topological polar surface area (TPSA) is 112 Å². The number of dihydropyridines is 1. The molecule has 0 aromatic heterocycles. The van der Waals surface area contributed by atoms with Crippen LogP contribution in [0.5, 0.6) is 11.5 Å². The monoisotopic (exact) mass is 413 g/mol. The van der Waals surface area contributed by atoms with E-state index in [2.05, 4.69) is 5.32 Å². The zero-order valence-corrected chi connectivity index (χ0v) is 16.3. The number of nitrogens with one attached hydrogen (secondary N) is 1. The second-order valence-corrected chi connectivity index (χ2v) is 7.14. The summed E-state index contributed by atoms with van der Waals surface area (Å²) in [7, 11) is 0. The number of nitrogens with two attached hydrogens (primary N) is 2. The van der Waals surface area contributed by atoms with Crippen molar-refractivity contribution in [3.63, 3.8) is 0 Å². The van der Waals surface area contributed by atoms with Crippen LogP contribution in [0.15, 0.2) is 48.7 Å². The summed E-state index contributed by atoms with van der Waals surface area (Å²) in [6.45, 7) is 1.87. The Balaban J connectivity index is 1.53. The summed E-state index contributed by atoms with van der Waals surface area (Å²) in [6.07, 6.45) is 2.79. The molecule has 2 aliphatic rings. The van der Waals surface area contributed by atoms with Crippen LogP contribution >= 0.6 is 0 Å². The average Bonchev–Trinajstić information content (AvgIpc) is 2.74. The molecule has 30 heavy (non-hydrogen) atoms. The molecule has 6 N–H and O–H groups in total. The molecule has 7 nitrogen and oxygen atoms in total. The van der Waals surface area contributed by atoms with Gasteiger partial charge in [-0.25, -0.2) is 4.39 Å². The van der Waals surface area contributed by atoms with Crippen molar-refractivity contribution in [1.29, 1.82) is 0 Å². The van der Waals surface area contributed by atoms with Crippen LogP contribution in [0.3, 0.4) is 0 Å². The van der Waals surface area contributed by atoms with Crippen LogP contribution in [0.1, 0.15) is 11.1 Å². The van der Waals surface area contributed by atoms with Gasteiger partial charge in [-0.2, -0.15) is 0 Å². The normalized spacial score (nSPS) is 21.4. The maximum Gasteiger partial charge on any atom is 0.161 e. The first-order chi connectivity index (χ1) is 14.5. The predicted octanol–water partition coefficient (Wildman–Crippen LogP) is 2.22. The van der Waals surface area contributed by atoms with E-state index in [4.69, 9.17) is 25.7 Å². The summed E-state index contributed by atoms with van der Waals surface area (Å²) >= 11 is 0. The lowest BCUT2D eigenvalue weighted by Gasteiger charge is -2.24. The first-order valence-electron chi connectivity index (χ1n) is 9.65. The minimum absolute atomic E-state index is 0.00591. The summed E-state index contributed by atoms with van der Waals surface area (Å²) in [4.78, 5) is 0. The molecule has 2 atom stereocenters. The van der Waals surface area contributed by atoms with Gasteiger partial charge < -0.3 is 36.1 Å². The predicted molar refractivity (Wildman–Crippen MR) is 112 cm³/mol. The van der Waals surface area contributed by atoms with Gasteiger partial charge in [0.2, 0.25) is 0 Å². The molecule has 1 saturated heterocycles. The van der Waals surface area contributed by atoms with Crippen molar-refractivity contribution in [2.75, 3.05) is 32.2 Å². The number of anilines is 1. The molecule has 2 aromatic carbocycles. The van der Waals surface area contributed by atoms with Crippen LogP contribution in [-0.2, 0) is 9.47 Å². The number of rotatable bonds is 5. The molecule has 1 fully saturated rings. The Morgan fingerprint density at radius 2 is 2.07 bits per heavy atom. The third-order valence-corrected chi connectivity index (χ3v) is 4.97. The van der Waals surface area contributed by atoms with Gasteiger partial charge in [-0.3, -0.25) is 0 Å². The second-order valence-electron chi connectivity index (χ2n) is 7.14. The van der Waals surface area contributed by atoms with Gasteiger partial charge in [0.25, 0.3) is 0 Å². The van der Waals surface area contributed by atoms with Crippen LogP contribution in [0.25, 0.3) is 11.1 Å². The lowest BCUT2D eigenvalue weighted by molar-refractivity contribution is -0.101. The number of halogens is 1. The van der Waals surface area contributed by atoms with Crippen molar-refractivity contribution >= 4 is 16.8 Å². The number of aromatic hydroxyl groups is 1. The Morgan fingerprint density at radius 1 is 1.20 bits per heavy atom. The van der Waals surface area contributed by atoms with Gasteiger partial charge in [-0.1, -0.05) is 6.07 Å². The lowest BCUT2D eigenvalue weighted by Crippen LogP contribution is -2.37. The summed E-state index contributed by atoms with van der Waals surface area (Å²) in [5, 5.41) is 13.4. The first-order valence-corrected chi connectivity index (χ1v) is 9.65. The number of benzene rings is 2. The number of phenolic OH excluding ortho intramolecular Hbond substituents is 1. The quantitative estimate of drug-likeness (QED) is 0.556.